The lowest BCUT2D eigenvalue weighted by Crippen LogP contribution is -2.35. The lowest BCUT2D eigenvalue weighted by atomic mass is 9.97. The molecule has 24 heavy (non-hydrogen) atoms. The van der Waals surface area contributed by atoms with Crippen molar-refractivity contribution in [2.75, 3.05) is 18.0 Å². The van der Waals surface area contributed by atoms with E-state index in [1.54, 1.807) is 12.5 Å². The number of benzene rings is 1. The molecule has 6 heteroatoms. The maximum absolute atomic E-state index is 6.25. The highest BCUT2D eigenvalue weighted by Gasteiger charge is 2.25. The van der Waals surface area contributed by atoms with E-state index in [-0.39, 0.29) is 0 Å². The van der Waals surface area contributed by atoms with Crippen LogP contribution in [0.1, 0.15) is 24.6 Å². The van der Waals surface area contributed by atoms with Crippen LogP contribution in [0.2, 0.25) is 5.02 Å². The van der Waals surface area contributed by atoms with E-state index in [9.17, 15) is 0 Å². The highest BCUT2D eigenvalue weighted by Crippen LogP contribution is 2.31. The number of imidazole rings is 1. The Morgan fingerprint density at radius 1 is 1.12 bits per heavy atom. The fraction of sp³-hybridized carbons (Fsp3) is 0.278. The molecular formula is C18H18ClN5. The Morgan fingerprint density at radius 2 is 2.00 bits per heavy atom. The summed E-state index contributed by atoms with van der Waals surface area (Å²) in [6.45, 7) is 1.82. The SMILES string of the molecule is Clc1cncnc1N1CCCC(c2ncc(-c3ccccc3)[nH]2)C1. The van der Waals surface area contributed by atoms with Crippen LogP contribution in [0.25, 0.3) is 11.3 Å². The van der Waals surface area contributed by atoms with Crippen molar-refractivity contribution >= 4 is 17.4 Å². The first kappa shape index (κ1) is 15.1. The molecule has 122 valence electrons. The van der Waals surface area contributed by atoms with Gasteiger partial charge in [0.1, 0.15) is 17.2 Å². The molecule has 3 heterocycles. The summed E-state index contributed by atoms with van der Waals surface area (Å²) in [7, 11) is 0. The third kappa shape index (κ3) is 2.99. The van der Waals surface area contributed by atoms with Gasteiger partial charge < -0.3 is 9.88 Å². The van der Waals surface area contributed by atoms with Crippen LogP contribution in [0.15, 0.2) is 49.1 Å². The van der Waals surface area contributed by atoms with Gasteiger partial charge in [-0.25, -0.2) is 15.0 Å². The Kier molecular flexibility index (Phi) is 4.17. The van der Waals surface area contributed by atoms with Crippen molar-refractivity contribution in [3.63, 3.8) is 0 Å². The smallest absolute Gasteiger partial charge is 0.150 e. The highest BCUT2D eigenvalue weighted by atomic mass is 35.5. The Labute approximate surface area is 145 Å². The molecule has 0 aliphatic carbocycles. The molecule has 2 aromatic heterocycles. The van der Waals surface area contributed by atoms with Gasteiger partial charge in [0, 0.05) is 19.0 Å². The molecule has 1 atom stereocenters. The number of hydrogen-bond donors (Lipinski definition) is 1. The number of halogens is 1. The van der Waals surface area contributed by atoms with Crippen LogP contribution in [-0.2, 0) is 0 Å². The maximum atomic E-state index is 6.25. The minimum absolute atomic E-state index is 0.349. The van der Waals surface area contributed by atoms with Gasteiger partial charge in [-0.05, 0) is 18.4 Å². The first-order chi connectivity index (χ1) is 11.8. The molecule has 0 radical (unpaired) electrons. The number of aromatic nitrogens is 4. The zero-order valence-electron chi connectivity index (χ0n) is 13.2. The van der Waals surface area contributed by atoms with Crippen molar-refractivity contribution in [3.05, 3.63) is 59.9 Å². The second kappa shape index (κ2) is 6.61. The molecule has 1 N–H and O–H groups in total. The van der Waals surface area contributed by atoms with Gasteiger partial charge in [0.05, 0.1) is 18.1 Å². The predicted molar refractivity (Wildman–Crippen MR) is 95.3 cm³/mol. The van der Waals surface area contributed by atoms with E-state index in [2.05, 4.69) is 37.0 Å². The first-order valence-electron chi connectivity index (χ1n) is 8.12. The molecule has 0 spiro atoms. The molecular weight excluding hydrogens is 322 g/mol. The zero-order valence-corrected chi connectivity index (χ0v) is 13.9. The fourth-order valence-corrected chi connectivity index (χ4v) is 3.46. The summed E-state index contributed by atoms with van der Waals surface area (Å²) in [5.41, 5.74) is 2.21. The molecule has 1 saturated heterocycles. The summed E-state index contributed by atoms with van der Waals surface area (Å²) in [5.74, 6) is 2.19. The Morgan fingerprint density at radius 3 is 2.83 bits per heavy atom. The average molecular weight is 340 g/mol. The van der Waals surface area contributed by atoms with Gasteiger partial charge in [-0.2, -0.15) is 0 Å². The van der Waals surface area contributed by atoms with Gasteiger partial charge in [-0.15, -0.1) is 0 Å². The quantitative estimate of drug-likeness (QED) is 0.786. The molecule has 3 aromatic rings. The molecule has 0 amide bonds. The largest absolute Gasteiger partial charge is 0.355 e. The molecule has 1 aromatic carbocycles. The van der Waals surface area contributed by atoms with Gasteiger partial charge >= 0.3 is 0 Å². The maximum Gasteiger partial charge on any atom is 0.150 e. The van der Waals surface area contributed by atoms with Crippen LogP contribution in [0, 0.1) is 0 Å². The molecule has 5 nitrogen and oxygen atoms in total. The number of hydrogen-bond acceptors (Lipinski definition) is 4. The minimum atomic E-state index is 0.349. The first-order valence-corrected chi connectivity index (χ1v) is 8.50. The van der Waals surface area contributed by atoms with Gasteiger partial charge in [0.15, 0.2) is 5.82 Å². The molecule has 1 aliphatic heterocycles. The molecule has 0 saturated carbocycles. The second-order valence-corrected chi connectivity index (χ2v) is 6.43. The van der Waals surface area contributed by atoms with Crippen molar-refractivity contribution in [2.24, 2.45) is 0 Å². The summed E-state index contributed by atoms with van der Waals surface area (Å²) in [4.78, 5) is 18.6. The molecule has 0 bridgehead atoms. The number of anilines is 1. The van der Waals surface area contributed by atoms with E-state index in [0.717, 1.165) is 48.8 Å². The van der Waals surface area contributed by atoms with E-state index in [1.165, 1.54) is 0 Å². The van der Waals surface area contributed by atoms with Crippen LogP contribution in [0.4, 0.5) is 5.82 Å². The van der Waals surface area contributed by atoms with Gasteiger partial charge in [-0.1, -0.05) is 41.9 Å². The number of H-pyrrole nitrogens is 1. The lowest BCUT2D eigenvalue weighted by Gasteiger charge is -2.33. The van der Waals surface area contributed by atoms with Crippen molar-refractivity contribution < 1.29 is 0 Å². The van der Waals surface area contributed by atoms with E-state index in [0.29, 0.717) is 10.9 Å². The average Bonchev–Trinajstić information content (AvgIpc) is 3.13. The number of nitrogens with one attached hydrogen (secondary N) is 1. The van der Waals surface area contributed by atoms with Crippen LogP contribution < -0.4 is 4.90 Å². The van der Waals surface area contributed by atoms with Crippen LogP contribution in [-0.4, -0.2) is 33.0 Å². The standard InChI is InChI=1S/C18H18ClN5/c19-15-9-20-12-22-18(15)24-8-4-7-14(11-24)17-21-10-16(23-17)13-5-2-1-3-6-13/h1-3,5-6,9-10,12,14H,4,7-8,11H2,(H,21,23). The number of piperidine rings is 1. The zero-order chi connectivity index (χ0) is 16.4. The third-order valence-corrected chi connectivity index (χ3v) is 4.70. The van der Waals surface area contributed by atoms with E-state index in [4.69, 9.17) is 11.6 Å². The molecule has 1 aliphatic rings. The predicted octanol–water partition coefficient (Wildman–Crippen LogP) is 3.90. The number of nitrogens with zero attached hydrogens (tertiary/aromatic N) is 4. The summed E-state index contributed by atoms with van der Waals surface area (Å²) < 4.78 is 0. The van der Waals surface area contributed by atoms with Crippen molar-refractivity contribution in [2.45, 2.75) is 18.8 Å². The van der Waals surface area contributed by atoms with E-state index < -0.39 is 0 Å². The number of rotatable bonds is 3. The fourth-order valence-electron chi connectivity index (χ4n) is 3.24. The van der Waals surface area contributed by atoms with Gasteiger partial charge in [0.2, 0.25) is 0 Å². The molecule has 1 fully saturated rings. The van der Waals surface area contributed by atoms with Crippen molar-refractivity contribution in [1.82, 2.24) is 19.9 Å². The molecule has 1 unspecified atom stereocenters. The Balaban J connectivity index is 1.55. The van der Waals surface area contributed by atoms with Crippen LogP contribution >= 0.6 is 11.6 Å². The lowest BCUT2D eigenvalue weighted by molar-refractivity contribution is 0.491. The summed E-state index contributed by atoms with van der Waals surface area (Å²) in [6, 6.07) is 10.3. The third-order valence-electron chi connectivity index (χ3n) is 4.44. The normalized spacial score (nSPS) is 17.9. The van der Waals surface area contributed by atoms with Gasteiger partial charge in [-0.3, -0.25) is 0 Å². The van der Waals surface area contributed by atoms with Crippen molar-refractivity contribution in [3.8, 4) is 11.3 Å². The Hall–Kier alpha value is -2.40. The Bertz CT molecular complexity index is 817. The van der Waals surface area contributed by atoms with Gasteiger partial charge in [0.25, 0.3) is 0 Å². The minimum Gasteiger partial charge on any atom is -0.355 e. The highest BCUT2D eigenvalue weighted by molar-refractivity contribution is 6.32. The van der Waals surface area contributed by atoms with Crippen LogP contribution in [0.3, 0.4) is 0 Å². The van der Waals surface area contributed by atoms with E-state index in [1.807, 2.05) is 24.4 Å². The summed E-state index contributed by atoms with van der Waals surface area (Å²) in [6.07, 6.45) is 7.31. The monoisotopic (exact) mass is 339 g/mol. The van der Waals surface area contributed by atoms with Crippen molar-refractivity contribution in [1.29, 1.82) is 0 Å². The summed E-state index contributed by atoms with van der Waals surface area (Å²) in [5, 5.41) is 0.600. The topological polar surface area (TPSA) is 57.7 Å². The van der Waals surface area contributed by atoms with E-state index >= 15 is 0 Å². The van der Waals surface area contributed by atoms with Crippen LogP contribution in [0.5, 0.6) is 0 Å². The number of aromatic amines is 1. The summed E-state index contributed by atoms with van der Waals surface area (Å²) >= 11 is 6.25. The molecule has 4 rings (SSSR count). The second-order valence-electron chi connectivity index (χ2n) is 6.03.